The van der Waals surface area contributed by atoms with E-state index in [-0.39, 0.29) is 45.4 Å². The number of hydrogen-bond donors (Lipinski definition) is 1. The molecule has 4 rings (SSSR count). The van der Waals surface area contributed by atoms with Crippen molar-refractivity contribution in [3.05, 3.63) is 114 Å². The predicted molar refractivity (Wildman–Crippen MR) is 152 cm³/mol. The van der Waals surface area contributed by atoms with E-state index in [1.807, 2.05) is 30.3 Å². The Hall–Kier alpha value is -4.83. The fourth-order valence-electron chi connectivity index (χ4n) is 4.10. The highest BCUT2D eigenvalue weighted by molar-refractivity contribution is 7.92. The van der Waals surface area contributed by atoms with E-state index >= 15 is 0 Å². The molecule has 0 saturated carbocycles. The summed E-state index contributed by atoms with van der Waals surface area (Å²) in [5.41, 5.74) is 1.09. The largest absolute Gasteiger partial charge is 0.493 e. The fourth-order valence-corrected chi connectivity index (χ4v) is 5.60. The zero-order chi connectivity index (χ0) is 28.7. The molecule has 206 valence electrons. The number of benzene rings is 4. The summed E-state index contributed by atoms with van der Waals surface area (Å²) in [5.74, 6) is -0.809. The Morgan fingerprint density at radius 2 is 1.32 bits per heavy atom. The second kappa shape index (κ2) is 12.4. The number of anilines is 2. The lowest BCUT2D eigenvalue weighted by Crippen LogP contribution is -2.32. The number of para-hydroxylation sites is 1. The third kappa shape index (κ3) is 5.92. The minimum absolute atomic E-state index is 0.0217. The van der Waals surface area contributed by atoms with Gasteiger partial charge in [-0.2, -0.15) is 0 Å². The number of amides is 1. The molecule has 0 radical (unpaired) electrons. The average molecular weight is 561 g/mol. The highest BCUT2D eigenvalue weighted by Crippen LogP contribution is 2.35. The van der Waals surface area contributed by atoms with Crippen LogP contribution in [0.2, 0.25) is 0 Å². The number of sulfonamides is 1. The lowest BCUT2D eigenvalue weighted by atomic mass is 10.1. The Labute approximate surface area is 233 Å². The van der Waals surface area contributed by atoms with Gasteiger partial charge in [0.15, 0.2) is 11.5 Å². The van der Waals surface area contributed by atoms with Gasteiger partial charge in [-0.1, -0.05) is 60.7 Å². The summed E-state index contributed by atoms with van der Waals surface area (Å²) in [5, 5.41) is 2.72. The van der Waals surface area contributed by atoms with Gasteiger partial charge in [0.1, 0.15) is 0 Å². The molecule has 0 heterocycles. The van der Waals surface area contributed by atoms with Gasteiger partial charge in [-0.05, 0) is 29.8 Å². The molecule has 0 fully saturated rings. The summed E-state index contributed by atoms with van der Waals surface area (Å²) < 4.78 is 44.5. The van der Waals surface area contributed by atoms with Crippen molar-refractivity contribution in [2.45, 2.75) is 11.4 Å². The fraction of sp³-hybridized carbons (Fsp3) is 0.133. The first-order valence-electron chi connectivity index (χ1n) is 12.2. The minimum Gasteiger partial charge on any atom is -0.493 e. The van der Waals surface area contributed by atoms with Gasteiger partial charge in [0.25, 0.3) is 15.9 Å². The van der Waals surface area contributed by atoms with Gasteiger partial charge in [-0.25, -0.2) is 13.2 Å². The molecule has 0 atom stereocenters. The van der Waals surface area contributed by atoms with Crippen LogP contribution in [-0.2, 0) is 21.3 Å². The van der Waals surface area contributed by atoms with Crippen LogP contribution >= 0.6 is 0 Å². The van der Waals surface area contributed by atoms with E-state index in [4.69, 9.17) is 14.2 Å². The van der Waals surface area contributed by atoms with Crippen molar-refractivity contribution in [3.63, 3.8) is 0 Å². The molecule has 0 aromatic heterocycles. The SMILES string of the molecule is COC(=O)c1cc(OC)c(OC)cc1NC(=O)c1ccccc1N(Cc1ccccc1)S(=O)(=O)c1ccccc1. The van der Waals surface area contributed by atoms with Gasteiger partial charge >= 0.3 is 5.97 Å². The molecule has 0 unspecified atom stereocenters. The summed E-state index contributed by atoms with van der Waals surface area (Å²) in [4.78, 5) is 26.3. The number of esters is 1. The highest BCUT2D eigenvalue weighted by atomic mass is 32.2. The van der Waals surface area contributed by atoms with Crippen molar-refractivity contribution >= 4 is 33.3 Å². The molecule has 4 aromatic rings. The molecular formula is C30H28N2O7S. The predicted octanol–water partition coefficient (Wildman–Crippen LogP) is 5.14. The van der Waals surface area contributed by atoms with Gasteiger partial charge in [0, 0.05) is 12.1 Å². The standard InChI is InChI=1S/C30H28N2O7S/c1-37-27-18-24(30(34)39-3)25(19-28(27)38-2)31-29(33)23-16-10-11-17-26(23)32(20-21-12-6-4-7-13-21)40(35,36)22-14-8-5-9-15-22/h4-19H,20H2,1-3H3,(H,31,33). The number of methoxy groups -OCH3 is 3. The van der Waals surface area contributed by atoms with Crippen molar-refractivity contribution in [1.82, 2.24) is 0 Å². The summed E-state index contributed by atoms with van der Waals surface area (Å²) in [6.07, 6.45) is 0. The highest BCUT2D eigenvalue weighted by Gasteiger charge is 2.29. The molecule has 40 heavy (non-hydrogen) atoms. The number of carbonyl (C=O) groups excluding carboxylic acids is 2. The molecule has 10 heteroatoms. The normalized spacial score (nSPS) is 10.9. The first-order chi connectivity index (χ1) is 19.3. The van der Waals surface area contributed by atoms with E-state index in [0.717, 1.165) is 5.56 Å². The summed E-state index contributed by atoms with van der Waals surface area (Å²) in [7, 11) is -0.0240. The third-order valence-corrected chi connectivity index (χ3v) is 7.87. The van der Waals surface area contributed by atoms with Crippen molar-refractivity contribution < 1.29 is 32.2 Å². The van der Waals surface area contributed by atoms with Crippen LogP contribution in [0.5, 0.6) is 11.5 Å². The van der Waals surface area contributed by atoms with Crippen LogP contribution < -0.4 is 19.1 Å². The number of hydrogen-bond acceptors (Lipinski definition) is 7. The Bertz CT molecular complexity index is 1610. The average Bonchev–Trinajstić information content (AvgIpc) is 3.00. The van der Waals surface area contributed by atoms with Crippen molar-refractivity contribution in [2.75, 3.05) is 31.0 Å². The topological polar surface area (TPSA) is 111 Å². The van der Waals surface area contributed by atoms with Crippen LogP contribution in [0.15, 0.2) is 102 Å². The van der Waals surface area contributed by atoms with Gasteiger partial charge in [-0.3, -0.25) is 9.10 Å². The van der Waals surface area contributed by atoms with Crippen molar-refractivity contribution in [1.29, 1.82) is 0 Å². The number of ether oxygens (including phenoxy) is 3. The second-order valence-electron chi connectivity index (χ2n) is 8.53. The number of carbonyl (C=O) groups is 2. The zero-order valence-corrected chi connectivity index (χ0v) is 23.0. The number of rotatable bonds is 10. The Morgan fingerprint density at radius 1 is 0.750 bits per heavy atom. The van der Waals surface area contributed by atoms with E-state index in [0.29, 0.717) is 0 Å². The van der Waals surface area contributed by atoms with Crippen LogP contribution in [0, 0.1) is 0 Å². The lowest BCUT2D eigenvalue weighted by molar-refractivity contribution is 0.0601. The Kier molecular flexibility index (Phi) is 8.70. The van der Waals surface area contributed by atoms with E-state index in [9.17, 15) is 18.0 Å². The molecule has 0 saturated heterocycles. The molecule has 0 bridgehead atoms. The van der Waals surface area contributed by atoms with Gasteiger partial charge in [0.05, 0.1) is 55.3 Å². The molecule has 1 N–H and O–H groups in total. The number of nitrogens with one attached hydrogen (secondary N) is 1. The quantitative estimate of drug-likeness (QED) is 0.268. The van der Waals surface area contributed by atoms with E-state index in [1.54, 1.807) is 36.4 Å². The van der Waals surface area contributed by atoms with Crippen molar-refractivity contribution in [2.24, 2.45) is 0 Å². The zero-order valence-electron chi connectivity index (χ0n) is 22.2. The Morgan fingerprint density at radius 3 is 1.95 bits per heavy atom. The van der Waals surface area contributed by atoms with Crippen LogP contribution in [0.25, 0.3) is 0 Å². The van der Waals surface area contributed by atoms with Crippen LogP contribution in [0.1, 0.15) is 26.3 Å². The van der Waals surface area contributed by atoms with Gasteiger partial charge < -0.3 is 19.5 Å². The molecule has 4 aromatic carbocycles. The smallest absolute Gasteiger partial charge is 0.340 e. The number of nitrogens with zero attached hydrogens (tertiary/aromatic N) is 1. The van der Waals surface area contributed by atoms with E-state index in [1.165, 1.54) is 56.0 Å². The summed E-state index contributed by atoms with van der Waals surface area (Å²) in [6.45, 7) is -0.0217. The first-order valence-corrected chi connectivity index (χ1v) is 13.6. The van der Waals surface area contributed by atoms with E-state index in [2.05, 4.69) is 5.32 Å². The minimum atomic E-state index is -4.08. The first kappa shape index (κ1) is 28.2. The third-order valence-electron chi connectivity index (χ3n) is 6.09. The summed E-state index contributed by atoms with van der Waals surface area (Å²) in [6, 6.07) is 26.3. The van der Waals surface area contributed by atoms with E-state index < -0.39 is 21.9 Å². The summed E-state index contributed by atoms with van der Waals surface area (Å²) >= 11 is 0. The van der Waals surface area contributed by atoms with Crippen molar-refractivity contribution in [3.8, 4) is 11.5 Å². The molecule has 1 amide bonds. The Balaban J connectivity index is 1.81. The molecule has 0 aliphatic carbocycles. The molecule has 0 aliphatic rings. The monoisotopic (exact) mass is 560 g/mol. The molecule has 9 nitrogen and oxygen atoms in total. The maximum Gasteiger partial charge on any atom is 0.340 e. The van der Waals surface area contributed by atoms with Gasteiger partial charge in [-0.15, -0.1) is 0 Å². The maximum atomic E-state index is 13.9. The molecule has 0 spiro atoms. The van der Waals surface area contributed by atoms with Crippen LogP contribution in [0.4, 0.5) is 11.4 Å². The van der Waals surface area contributed by atoms with Gasteiger partial charge in [0.2, 0.25) is 0 Å². The van der Waals surface area contributed by atoms with Crippen LogP contribution in [-0.4, -0.2) is 41.6 Å². The lowest BCUT2D eigenvalue weighted by Gasteiger charge is -2.27. The molecule has 0 aliphatic heterocycles. The maximum absolute atomic E-state index is 13.9. The molecular weight excluding hydrogens is 532 g/mol. The second-order valence-corrected chi connectivity index (χ2v) is 10.4. The van der Waals surface area contributed by atoms with Crippen LogP contribution in [0.3, 0.4) is 0 Å².